The number of rotatable bonds is 10. The number of halogens is 1. The van der Waals surface area contributed by atoms with Gasteiger partial charge < -0.3 is 28.6 Å². The van der Waals surface area contributed by atoms with Crippen molar-refractivity contribution in [2.24, 2.45) is 0 Å². The van der Waals surface area contributed by atoms with Crippen LogP contribution in [0.15, 0.2) is 61.2 Å². The lowest BCUT2D eigenvalue weighted by Gasteiger charge is -2.30. The van der Waals surface area contributed by atoms with Crippen LogP contribution in [0.5, 0.6) is 17.2 Å². The standard InChI is InChI=1S/C25H30ClN3O5/c1-31-24-14-20(2-7-23(24)33-13-11-28-9-8-27-19-28)15-29-10-12-32-17-25(30,16-29)18-34-22-5-3-21(26)4-6-22/h2-9,14,19,30H,10-13,15-18H2,1H3/t25-/m0/s1. The molecule has 1 aliphatic heterocycles. The topological polar surface area (TPSA) is 78.2 Å². The molecule has 0 amide bonds. The Kier molecular flexibility index (Phi) is 8.29. The average Bonchev–Trinajstić information content (AvgIpc) is 3.29. The van der Waals surface area contributed by atoms with E-state index in [1.54, 1.807) is 43.9 Å². The summed E-state index contributed by atoms with van der Waals surface area (Å²) in [6.07, 6.45) is 5.40. The van der Waals surface area contributed by atoms with Crippen molar-refractivity contribution < 1.29 is 24.1 Å². The lowest BCUT2D eigenvalue weighted by Crippen LogP contribution is -2.48. The zero-order valence-electron chi connectivity index (χ0n) is 19.2. The van der Waals surface area contributed by atoms with E-state index in [4.69, 9.17) is 30.5 Å². The first-order valence-corrected chi connectivity index (χ1v) is 11.6. The number of nitrogens with zero attached hydrogens (tertiary/aromatic N) is 3. The van der Waals surface area contributed by atoms with Crippen LogP contribution < -0.4 is 14.2 Å². The number of aromatic nitrogens is 2. The molecule has 0 aliphatic carbocycles. The summed E-state index contributed by atoms with van der Waals surface area (Å²) < 4.78 is 24.9. The number of imidazole rings is 1. The summed E-state index contributed by atoms with van der Waals surface area (Å²) in [6, 6.07) is 13.0. The summed E-state index contributed by atoms with van der Waals surface area (Å²) in [5.41, 5.74) is -0.0713. The van der Waals surface area contributed by atoms with Gasteiger partial charge in [0.2, 0.25) is 0 Å². The molecule has 34 heavy (non-hydrogen) atoms. The fourth-order valence-corrected chi connectivity index (χ4v) is 3.96. The fourth-order valence-electron chi connectivity index (χ4n) is 3.84. The molecule has 8 nitrogen and oxygen atoms in total. The quantitative estimate of drug-likeness (QED) is 0.470. The predicted octanol–water partition coefficient (Wildman–Crippen LogP) is 3.27. The maximum atomic E-state index is 11.2. The first kappa shape index (κ1) is 24.3. The van der Waals surface area contributed by atoms with Gasteiger partial charge in [-0.1, -0.05) is 17.7 Å². The Morgan fingerprint density at radius 3 is 2.76 bits per heavy atom. The maximum Gasteiger partial charge on any atom is 0.161 e. The molecule has 1 fully saturated rings. The van der Waals surface area contributed by atoms with E-state index >= 15 is 0 Å². The molecule has 0 spiro atoms. The molecular formula is C25H30ClN3O5. The second-order valence-corrected chi connectivity index (χ2v) is 8.80. The Labute approximate surface area is 204 Å². The summed E-state index contributed by atoms with van der Waals surface area (Å²) in [5.74, 6) is 2.02. The summed E-state index contributed by atoms with van der Waals surface area (Å²) in [7, 11) is 1.63. The molecule has 1 aromatic heterocycles. The number of aliphatic hydroxyl groups is 1. The first-order chi connectivity index (χ1) is 16.5. The van der Waals surface area contributed by atoms with Crippen LogP contribution in [0.3, 0.4) is 0 Å². The smallest absolute Gasteiger partial charge is 0.161 e. The van der Waals surface area contributed by atoms with Gasteiger partial charge in [0, 0.05) is 37.1 Å². The van der Waals surface area contributed by atoms with E-state index < -0.39 is 5.60 Å². The SMILES string of the molecule is COc1cc(CN2CCOC[C@](O)(COc3ccc(Cl)cc3)C2)ccc1OCCn1ccnc1. The molecular weight excluding hydrogens is 458 g/mol. The third-order valence-electron chi connectivity index (χ3n) is 5.56. The molecule has 2 heterocycles. The molecule has 182 valence electrons. The minimum absolute atomic E-state index is 0.123. The molecule has 1 atom stereocenters. The Balaban J connectivity index is 1.34. The van der Waals surface area contributed by atoms with Gasteiger partial charge in [0.1, 0.15) is 24.6 Å². The van der Waals surface area contributed by atoms with Crippen molar-refractivity contribution in [2.75, 3.05) is 46.6 Å². The summed E-state index contributed by atoms with van der Waals surface area (Å²) in [4.78, 5) is 6.19. The molecule has 0 unspecified atom stereocenters. The number of methoxy groups -OCH3 is 1. The van der Waals surface area contributed by atoms with Crippen LogP contribution in [0.2, 0.25) is 5.02 Å². The molecule has 1 aliphatic rings. The van der Waals surface area contributed by atoms with Crippen molar-refractivity contribution in [3.63, 3.8) is 0 Å². The molecule has 1 saturated heterocycles. The van der Waals surface area contributed by atoms with Crippen molar-refractivity contribution >= 4 is 11.6 Å². The highest BCUT2D eigenvalue weighted by molar-refractivity contribution is 6.30. The van der Waals surface area contributed by atoms with E-state index in [2.05, 4.69) is 9.88 Å². The van der Waals surface area contributed by atoms with Crippen LogP contribution in [-0.4, -0.2) is 71.8 Å². The summed E-state index contributed by atoms with van der Waals surface area (Å²) in [6.45, 7) is 3.85. The Bertz CT molecular complexity index is 1030. The normalized spacial score (nSPS) is 18.9. The molecule has 4 rings (SSSR count). The van der Waals surface area contributed by atoms with Crippen molar-refractivity contribution in [3.8, 4) is 17.2 Å². The van der Waals surface area contributed by atoms with Gasteiger partial charge in [0.15, 0.2) is 11.5 Å². The van der Waals surface area contributed by atoms with Crippen LogP contribution in [-0.2, 0) is 17.8 Å². The molecule has 9 heteroatoms. The van der Waals surface area contributed by atoms with Gasteiger partial charge >= 0.3 is 0 Å². The van der Waals surface area contributed by atoms with E-state index in [1.807, 2.05) is 29.0 Å². The van der Waals surface area contributed by atoms with Crippen LogP contribution in [0.4, 0.5) is 0 Å². The van der Waals surface area contributed by atoms with Gasteiger partial charge in [0.05, 0.1) is 33.2 Å². The Morgan fingerprint density at radius 1 is 1.15 bits per heavy atom. The molecule has 0 bridgehead atoms. The molecule has 0 radical (unpaired) electrons. The van der Waals surface area contributed by atoms with E-state index in [0.717, 1.165) is 5.56 Å². The minimum Gasteiger partial charge on any atom is -0.493 e. The third kappa shape index (κ3) is 6.87. The summed E-state index contributed by atoms with van der Waals surface area (Å²) in [5, 5.41) is 11.8. The van der Waals surface area contributed by atoms with Gasteiger partial charge in [-0.25, -0.2) is 4.98 Å². The van der Waals surface area contributed by atoms with E-state index in [0.29, 0.717) is 61.7 Å². The molecule has 0 saturated carbocycles. The highest BCUT2D eigenvalue weighted by atomic mass is 35.5. The van der Waals surface area contributed by atoms with Crippen LogP contribution >= 0.6 is 11.6 Å². The first-order valence-electron chi connectivity index (χ1n) is 11.2. The summed E-state index contributed by atoms with van der Waals surface area (Å²) >= 11 is 5.93. The third-order valence-corrected chi connectivity index (χ3v) is 5.81. The van der Waals surface area contributed by atoms with Crippen molar-refractivity contribution in [1.29, 1.82) is 0 Å². The maximum absolute atomic E-state index is 11.2. The monoisotopic (exact) mass is 487 g/mol. The van der Waals surface area contributed by atoms with Gasteiger partial charge in [-0.05, 0) is 42.0 Å². The fraction of sp³-hybridized carbons (Fsp3) is 0.400. The van der Waals surface area contributed by atoms with Gasteiger partial charge in [-0.3, -0.25) is 4.90 Å². The van der Waals surface area contributed by atoms with E-state index in [-0.39, 0.29) is 13.2 Å². The van der Waals surface area contributed by atoms with Gasteiger partial charge in [0.25, 0.3) is 0 Å². The van der Waals surface area contributed by atoms with Crippen molar-refractivity contribution in [1.82, 2.24) is 14.5 Å². The second-order valence-electron chi connectivity index (χ2n) is 8.36. The molecule has 2 aromatic carbocycles. The average molecular weight is 488 g/mol. The number of hydrogen-bond donors (Lipinski definition) is 1. The van der Waals surface area contributed by atoms with Gasteiger partial charge in [-0.2, -0.15) is 0 Å². The Hall–Kier alpha value is -2.78. The second kappa shape index (κ2) is 11.6. The number of benzene rings is 2. The number of hydrogen-bond acceptors (Lipinski definition) is 7. The lowest BCUT2D eigenvalue weighted by atomic mass is 10.1. The number of ether oxygens (including phenoxy) is 4. The zero-order valence-corrected chi connectivity index (χ0v) is 20.0. The van der Waals surface area contributed by atoms with E-state index in [9.17, 15) is 5.11 Å². The minimum atomic E-state index is -1.13. The van der Waals surface area contributed by atoms with Crippen molar-refractivity contribution in [3.05, 3.63) is 71.8 Å². The van der Waals surface area contributed by atoms with Crippen LogP contribution in [0.25, 0.3) is 0 Å². The Morgan fingerprint density at radius 2 is 2.00 bits per heavy atom. The highest BCUT2D eigenvalue weighted by Crippen LogP contribution is 2.29. The van der Waals surface area contributed by atoms with Crippen LogP contribution in [0, 0.1) is 0 Å². The van der Waals surface area contributed by atoms with Crippen molar-refractivity contribution in [2.45, 2.75) is 18.7 Å². The lowest BCUT2D eigenvalue weighted by molar-refractivity contribution is -0.0646. The van der Waals surface area contributed by atoms with E-state index in [1.165, 1.54) is 0 Å². The molecule has 3 aromatic rings. The van der Waals surface area contributed by atoms with Crippen LogP contribution in [0.1, 0.15) is 5.56 Å². The number of β-amino-alcohol motifs (C(OH)–C–C–N with tert-alkyl or cyclic N) is 1. The zero-order chi connectivity index (χ0) is 23.8. The van der Waals surface area contributed by atoms with Gasteiger partial charge in [-0.15, -0.1) is 0 Å². The largest absolute Gasteiger partial charge is 0.493 e. The predicted molar refractivity (Wildman–Crippen MR) is 129 cm³/mol. The highest BCUT2D eigenvalue weighted by Gasteiger charge is 2.33. The molecule has 1 N–H and O–H groups in total.